The number of rotatable bonds is 3. The first-order valence-electron chi connectivity index (χ1n) is 5.40. The minimum absolute atomic E-state index is 0.111. The molecule has 0 unspecified atom stereocenters. The number of phenolic OH excluding ortho intramolecular Hbond substituents is 1. The molecule has 0 atom stereocenters. The van der Waals surface area contributed by atoms with E-state index in [0.717, 1.165) is 6.07 Å². The molecule has 3 nitrogen and oxygen atoms in total. The largest absolute Gasteiger partial charge is 0.508 e. The highest BCUT2D eigenvalue weighted by molar-refractivity contribution is 5.57. The molecule has 0 spiro atoms. The first-order chi connectivity index (χ1) is 8.69. The molecule has 4 heteroatoms. The van der Waals surface area contributed by atoms with E-state index in [9.17, 15) is 9.50 Å². The van der Waals surface area contributed by atoms with Gasteiger partial charge in [-0.3, -0.25) is 0 Å². The summed E-state index contributed by atoms with van der Waals surface area (Å²) < 4.78 is 13.1. The van der Waals surface area contributed by atoms with E-state index >= 15 is 0 Å². The quantitative estimate of drug-likeness (QED) is 0.869. The lowest BCUT2D eigenvalue weighted by Gasteiger charge is -2.08. The Morgan fingerprint density at radius 3 is 2.72 bits per heavy atom. The molecule has 0 saturated carbocycles. The van der Waals surface area contributed by atoms with Crippen LogP contribution in [-0.2, 0) is 6.54 Å². The Morgan fingerprint density at radius 2 is 2.00 bits per heavy atom. The number of nitrogens with zero attached hydrogens (tertiary/aromatic N) is 1. The van der Waals surface area contributed by atoms with Crippen LogP contribution in [0.15, 0.2) is 42.5 Å². The molecule has 0 amide bonds. The van der Waals surface area contributed by atoms with Crippen molar-refractivity contribution in [1.82, 2.24) is 0 Å². The zero-order valence-electron chi connectivity index (χ0n) is 9.52. The van der Waals surface area contributed by atoms with E-state index in [0.29, 0.717) is 23.4 Å². The third-order valence-corrected chi connectivity index (χ3v) is 2.47. The average molecular weight is 242 g/mol. The topological polar surface area (TPSA) is 56.0 Å². The fraction of sp³-hybridized carbons (Fsp3) is 0.0714. The molecular formula is C14H11FN2O. The second-order valence-corrected chi connectivity index (χ2v) is 3.83. The number of phenols is 1. The first-order valence-corrected chi connectivity index (χ1v) is 5.40. The molecule has 90 valence electrons. The normalized spacial score (nSPS) is 9.78. The molecule has 0 saturated heterocycles. The Labute approximate surface area is 104 Å². The van der Waals surface area contributed by atoms with Gasteiger partial charge in [-0.25, -0.2) is 4.39 Å². The summed E-state index contributed by atoms with van der Waals surface area (Å²) in [5.74, 6) is -0.597. The third-order valence-electron chi connectivity index (χ3n) is 2.47. The average Bonchev–Trinajstić information content (AvgIpc) is 2.35. The van der Waals surface area contributed by atoms with Crippen molar-refractivity contribution in [3.63, 3.8) is 0 Å². The van der Waals surface area contributed by atoms with Crippen LogP contribution in [0.2, 0.25) is 0 Å². The Kier molecular flexibility index (Phi) is 3.44. The highest BCUT2D eigenvalue weighted by Crippen LogP contribution is 2.18. The number of nitrogens with one attached hydrogen (secondary N) is 1. The standard InChI is InChI=1S/C14H11FN2O/c15-12-5-10(6-13(18)7-12)9-17-14-4-2-1-3-11(14)8-16/h1-7,17-18H,9H2. The van der Waals surface area contributed by atoms with Crippen LogP contribution in [0.1, 0.15) is 11.1 Å². The molecule has 2 rings (SSSR count). The second-order valence-electron chi connectivity index (χ2n) is 3.83. The molecule has 18 heavy (non-hydrogen) atoms. The van der Waals surface area contributed by atoms with Crippen LogP contribution in [0.3, 0.4) is 0 Å². The fourth-order valence-corrected chi connectivity index (χ4v) is 1.67. The maximum atomic E-state index is 13.1. The smallest absolute Gasteiger partial charge is 0.127 e. The summed E-state index contributed by atoms with van der Waals surface area (Å²) in [6.07, 6.45) is 0. The third kappa shape index (κ3) is 2.77. The van der Waals surface area contributed by atoms with Gasteiger partial charge in [0.1, 0.15) is 17.6 Å². The van der Waals surface area contributed by atoms with Crippen molar-refractivity contribution in [1.29, 1.82) is 5.26 Å². The van der Waals surface area contributed by atoms with Gasteiger partial charge in [-0.15, -0.1) is 0 Å². The lowest BCUT2D eigenvalue weighted by atomic mass is 10.1. The van der Waals surface area contributed by atoms with Crippen molar-refractivity contribution in [2.75, 3.05) is 5.32 Å². The second kappa shape index (κ2) is 5.19. The summed E-state index contributed by atoms with van der Waals surface area (Å²) in [5.41, 5.74) is 1.82. The summed E-state index contributed by atoms with van der Waals surface area (Å²) in [7, 11) is 0. The molecule has 0 aliphatic rings. The van der Waals surface area contributed by atoms with Gasteiger partial charge in [0.2, 0.25) is 0 Å². The summed E-state index contributed by atoms with van der Waals surface area (Å²) in [6, 6.07) is 13.0. The van der Waals surface area contributed by atoms with Crippen molar-refractivity contribution >= 4 is 5.69 Å². The van der Waals surface area contributed by atoms with Crippen LogP contribution >= 0.6 is 0 Å². The van der Waals surface area contributed by atoms with Gasteiger partial charge < -0.3 is 10.4 Å². The minimum atomic E-state index is -0.486. The van der Waals surface area contributed by atoms with Gasteiger partial charge >= 0.3 is 0 Å². The number of hydrogen-bond acceptors (Lipinski definition) is 3. The van der Waals surface area contributed by atoms with Crippen molar-refractivity contribution < 1.29 is 9.50 Å². The van der Waals surface area contributed by atoms with Crippen LogP contribution < -0.4 is 5.32 Å². The zero-order chi connectivity index (χ0) is 13.0. The van der Waals surface area contributed by atoms with Crippen LogP contribution in [0, 0.1) is 17.1 Å². The molecule has 0 radical (unpaired) electrons. The SMILES string of the molecule is N#Cc1ccccc1NCc1cc(O)cc(F)c1. The van der Waals surface area contributed by atoms with E-state index in [1.165, 1.54) is 12.1 Å². The molecule has 2 aromatic carbocycles. The lowest BCUT2D eigenvalue weighted by Crippen LogP contribution is -2.01. The lowest BCUT2D eigenvalue weighted by molar-refractivity contribution is 0.468. The van der Waals surface area contributed by atoms with E-state index in [1.54, 1.807) is 18.2 Å². The molecule has 0 aliphatic heterocycles. The van der Waals surface area contributed by atoms with Crippen LogP contribution in [0.5, 0.6) is 5.75 Å². The molecule has 2 aromatic rings. The minimum Gasteiger partial charge on any atom is -0.508 e. The highest BCUT2D eigenvalue weighted by Gasteiger charge is 2.02. The molecular weight excluding hydrogens is 231 g/mol. The number of aromatic hydroxyl groups is 1. The molecule has 0 aromatic heterocycles. The van der Waals surface area contributed by atoms with Gasteiger partial charge in [-0.1, -0.05) is 12.1 Å². The van der Waals surface area contributed by atoms with Gasteiger partial charge in [0.15, 0.2) is 0 Å². The summed E-state index contributed by atoms with van der Waals surface area (Å²) in [5, 5.41) is 21.2. The number of nitriles is 1. The molecule has 0 fully saturated rings. The van der Waals surface area contributed by atoms with E-state index in [-0.39, 0.29) is 5.75 Å². The number of anilines is 1. The number of benzene rings is 2. The molecule has 0 aliphatic carbocycles. The van der Waals surface area contributed by atoms with E-state index in [4.69, 9.17) is 5.26 Å². The van der Waals surface area contributed by atoms with E-state index < -0.39 is 5.82 Å². The van der Waals surface area contributed by atoms with E-state index in [2.05, 4.69) is 11.4 Å². The predicted molar refractivity (Wildman–Crippen MR) is 66.5 cm³/mol. The highest BCUT2D eigenvalue weighted by atomic mass is 19.1. The van der Waals surface area contributed by atoms with Crippen molar-refractivity contribution in [2.45, 2.75) is 6.54 Å². The molecule has 0 bridgehead atoms. The zero-order valence-corrected chi connectivity index (χ0v) is 9.52. The van der Waals surface area contributed by atoms with Gasteiger partial charge in [0, 0.05) is 12.6 Å². The number of hydrogen-bond donors (Lipinski definition) is 2. The van der Waals surface area contributed by atoms with Gasteiger partial charge in [-0.2, -0.15) is 5.26 Å². The summed E-state index contributed by atoms with van der Waals surface area (Å²) >= 11 is 0. The van der Waals surface area contributed by atoms with Gasteiger partial charge in [0.25, 0.3) is 0 Å². The summed E-state index contributed by atoms with van der Waals surface area (Å²) in [4.78, 5) is 0. The van der Waals surface area contributed by atoms with Crippen LogP contribution in [-0.4, -0.2) is 5.11 Å². The van der Waals surface area contributed by atoms with Crippen molar-refractivity contribution in [3.05, 3.63) is 59.4 Å². The van der Waals surface area contributed by atoms with E-state index in [1.807, 2.05) is 6.07 Å². The van der Waals surface area contributed by atoms with Crippen molar-refractivity contribution in [2.24, 2.45) is 0 Å². The van der Waals surface area contributed by atoms with Crippen LogP contribution in [0.25, 0.3) is 0 Å². The van der Waals surface area contributed by atoms with Gasteiger partial charge in [0.05, 0.1) is 11.3 Å². The number of para-hydroxylation sites is 1. The maximum Gasteiger partial charge on any atom is 0.127 e. The fourth-order valence-electron chi connectivity index (χ4n) is 1.67. The Hall–Kier alpha value is -2.54. The molecule has 0 heterocycles. The Balaban J connectivity index is 2.14. The van der Waals surface area contributed by atoms with Gasteiger partial charge in [-0.05, 0) is 29.8 Å². The predicted octanol–water partition coefficient (Wildman–Crippen LogP) is 3.02. The molecule has 2 N–H and O–H groups in total. The van der Waals surface area contributed by atoms with Crippen LogP contribution in [0.4, 0.5) is 10.1 Å². The Morgan fingerprint density at radius 1 is 1.22 bits per heavy atom. The first kappa shape index (κ1) is 11.9. The Bertz CT molecular complexity index is 585. The van der Waals surface area contributed by atoms with Crippen molar-refractivity contribution in [3.8, 4) is 11.8 Å². The maximum absolute atomic E-state index is 13.1. The number of halogens is 1. The monoisotopic (exact) mass is 242 g/mol. The summed E-state index contributed by atoms with van der Waals surface area (Å²) in [6.45, 7) is 0.337.